The number of allylic oxidation sites excluding steroid dienone is 1. The van der Waals surface area contributed by atoms with Gasteiger partial charge in [-0.25, -0.2) is 4.79 Å². The van der Waals surface area contributed by atoms with Gasteiger partial charge in [-0.15, -0.1) is 0 Å². The Balaban J connectivity index is 1.69. The fourth-order valence-electron chi connectivity index (χ4n) is 3.23. The van der Waals surface area contributed by atoms with E-state index in [1.54, 1.807) is 37.3 Å². The number of carbonyl (C=O) groups excluding carboxylic acids is 3. The Morgan fingerprint density at radius 3 is 2.97 bits per heavy atom. The van der Waals surface area contributed by atoms with Crippen LogP contribution >= 0.6 is 11.6 Å². The number of ether oxygens (including phenoxy) is 2. The number of benzene rings is 1. The maximum absolute atomic E-state index is 12.7. The van der Waals surface area contributed by atoms with Gasteiger partial charge >= 0.3 is 5.97 Å². The van der Waals surface area contributed by atoms with Gasteiger partial charge in [0.25, 0.3) is 5.91 Å². The zero-order valence-corrected chi connectivity index (χ0v) is 16.9. The van der Waals surface area contributed by atoms with Crippen molar-refractivity contribution in [2.24, 2.45) is 5.92 Å². The molecule has 7 nitrogen and oxygen atoms in total. The number of esters is 1. The Hall–Kier alpha value is -2.80. The van der Waals surface area contributed by atoms with Gasteiger partial charge in [0.05, 0.1) is 12.2 Å². The highest BCUT2D eigenvalue weighted by atomic mass is 35.5. The molecule has 0 spiro atoms. The summed E-state index contributed by atoms with van der Waals surface area (Å²) in [6.45, 7) is 2.64. The van der Waals surface area contributed by atoms with Gasteiger partial charge in [-0.2, -0.15) is 0 Å². The molecule has 1 saturated heterocycles. The average molecular weight is 419 g/mol. The highest BCUT2D eigenvalue weighted by molar-refractivity contribution is 6.30. The SMILES string of the molecule is CCOC(=O)C(=CCC[C@H]1CCNC1=O)NC(=O)C1=Cc2cc(Cl)ccc2OC1. The van der Waals surface area contributed by atoms with E-state index in [4.69, 9.17) is 21.1 Å². The lowest BCUT2D eigenvalue weighted by Crippen LogP contribution is -2.32. The fourth-order valence-corrected chi connectivity index (χ4v) is 3.41. The minimum atomic E-state index is -0.613. The zero-order valence-electron chi connectivity index (χ0n) is 16.1. The van der Waals surface area contributed by atoms with Gasteiger partial charge in [-0.1, -0.05) is 17.7 Å². The number of nitrogens with one attached hydrogen (secondary N) is 2. The van der Waals surface area contributed by atoms with Crippen molar-refractivity contribution in [1.29, 1.82) is 0 Å². The molecule has 1 fully saturated rings. The van der Waals surface area contributed by atoms with Crippen molar-refractivity contribution in [2.45, 2.75) is 26.2 Å². The summed E-state index contributed by atoms with van der Waals surface area (Å²) in [6, 6.07) is 5.16. The molecule has 0 bridgehead atoms. The summed E-state index contributed by atoms with van der Waals surface area (Å²) >= 11 is 6.00. The Bertz CT molecular complexity index is 878. The number of rotatable bonds is 7. The van der Waals surface area contributed by atoms with Crippen LogP contribution in [0.3, 0.4) is 0 Å². The normalized spacial score (nSPS) is 18.3. The van der Waals surface area contributed by atoms with Crippen molar-refractivity contribution in [3.8, 4) is 5.75 Å². The lowest BCUT2D eigenvalue weighted by molar-refractivity contribution is -0.139. The first-order valence-electron chi connectivity index (χ1n) is 9.57. The van der Waals surface area contributed by atoms with Crippen molar-refractivity contribution in [3.63, 3.8) is 0 Å². The molecule has 2 aliphatic rings. The van der Waals surface area contributed by atoms with Crippen LogP contribution < -0.4 is 15.4 Å². The van der Waals surface area contributed by atoms with Gasteiger partial charge in [-0.05, 0) is 50.5 Å². The zero-order chi connectivity index (χ0) is 20.8. The van der Waals surface area contributed by atoms with Gasteiger partial charge in [0.1, 0.15) is 18.1 Å². The highest BCUT2D eigenvalue weighted by Crippen LogP contribution is 2.29. The number of hydrogen-bond donors (Lipinski definition) is 2. The number of halogens is 1. The van der Waals surface area contributed by atoms with Crippen LogP contribution in [0.15, 0.2) is 35.5 Å². The first-order valence-corrected chi connectivity index (χ1v) is 9.95. The van der Waals surface area contributed by atoms with E-state index in [0.717, 1.165) is 6.42 Å². The topological polar surface area (TPSA) is 93.7 Å². The molecule has 2 amide bonds. The molecule has 0 unspecified atom stereocenters. The van der Waals surface area contributed by atoms with Crippen molar-refractivity contribution < 1.29 is 23.9 Å². The molecule has 29 heavy (non-hydrogen) atoms. The molecule has 3 rings (SSSR count). The number of carbonyl (C=O) groups is 3. The first-order chi connectivity index (χ1) is 14.0. The molecule has 0 aliphatic carbocycles. The molecule has 2 N–H and O–H groups in total. The van der Waals surface area contributed by atoms with Crippen LogP contribution in [-0.2, 0) is 19.1 Å². The van der Waals surface area contributed by atoms with E-state index in [0.29, 0.717) is 41.3 Å². The van der Waals surface area contributed by atoms with Gasteiger partial charge in [-0.3, -0.25) is 9.59 Å². The van der Waals surface area contributed by atoms with Crippen LogP contribution in [0.2, 0.25) is 5.02 Å². The monoisotopic (exact) mass is 418 g/mol. The molecule has 2 aliphatic heterocycles. The Kier molecular flexibility index (Phi) is 6.93. The van der Waals surface area contributed by atoms with Gasteiger partial charge in [0, 0.05) is 23.0 Å². The third-order valence-corrected chi connectivity index (χ3v) is 4.98. The van der Waals surface area contributed by atoms with E-state index in [1.165, 1.54) is 0 Å². The number of fused-ring (bicyclic) bond motifs is 1. The lowest BCUT2D eigenvalue weighted by atomic mass is 10.0. The molecule has 0 aromatic heterocycles. The quantitative estimate of drug-likeness (QED) is 0.524. The lowest BCUT2D eigenvalue weighted by Gasteiger charge is -2.18. The van der Waals surface area contributed by atoms with Crippen LogP contribution in [0, 0.1) is 5.92 Å². The Labute approximate surface area is 174 Å². The molecular formula is C21H23ClN2O5. The van der Waals surface area contributed by atoms with E-state index < -0.39 is 11.9 Å². The standard InChI is InChI=1S/C21H23ClN2O5/c1-2-28-21(27)17(5-3-4-13-8-9-23-19(13)25)24-20(26)15-10-14-11-16(22)6-7-18(14)29-12-15/h5-7,10-11,13H,2-4,8-9,12H2,1H3,(H,23,25)(H,24,26)/t13-/m0/s1. The minimum absolute atomic E-state index is 0.0296. The molecule has 2 heterocycles. The largest absolute Gasteiger partial charge is 0.488 e. The second-order valence-electron chi connectivity index (χ2n) is 6.79. The highest BCUT2D eigenvalue weighted by Gasteiger charge is 2.24. The summed E-state index contributed by atoms with van der Waals surface area (Å²) < 4.78 is 10.6. The number of hydrogen-bond acceptors (Lipinski definition) is 5. The van der Waals surface area contributed by atoms with Crippen molar-refractivity contribution in [3.05, 3.63) is 46.1 Å². The van der Waals surface area contributed by atoms with Crippen LogP contribution in [0.25, 0.3) is 6.08 Å². The Morgan fingerprint density at radius 2 is 2.24 bits per heavy atom. The summed E-state index contributed by atoms with van der Waals surface area (Å²) in [7, 11) is 0. The van der Waals surface area contributed by atoms with E-state index in [9.17, 15) is 14.4 Å². The van der Waals surface area contributed by atoms with Crippen molar-refractivity contribution >= 4 is 35.5 Å². The van der Waals surface area contributed by atoms with E-state index in [1.807, 2.05) is 0 Å². The molecule has 1 atom stereocenters. The summed E-state index contributed by atoms with van der Waals surface area (Å²) in [6.07, 6.45) is 5.14. The van der Waals surface area contributed by atoms with Gasteiger partial charge in [0.15, 0.2) is 0 Å². The van der Waals surface area contributed by atoms with Crippen molar-refractivity contribution in [2.75, 3.05) is 19.8 Å². The predicted molar refractivity (Wildman–Crippen MR) is 108 cm³/mol. The first kappa shape index (κ1) is 20.9. The van der Waals surface area contributed by atoms with Crippen LogP contribution in [-0.4, -0.2) is 37.5 Å². The maximum atomic E-state index is 12.7. The average Bonchev–Trinajstić information content (AvgIpc) is 3.11. The summed E-state index contributed by atoms with van der Waals surface area (Å²) in [5, 5.41) is 5.94. The van der Waals surface area contributed by atoms with Crippen LogP contribution in [0.4, 0.5) is 0 Å². The molecule has 0 radical (unpaired) electrons. The van der Waals surface area contributed by atoms with Crippen LogP contribution in [0.1, 0.15) is 31.7 Å². The second kappa shape index (κ2) is 9.60. The summed E-state index contributed by atoms with van der Waals surface area (Å²) in [4.78, 5) is 36.6. The van der Waals surface area contributed by atoms with Gasteiger partial charge < -0.3 is 20.1 Å². The maximum Gasteiger partial charge on any atom is 0.354 e. The van der Waals surface area contributed by atoms with E-state index in [-0.39, 0.29) is 30.7 Å². The van der Waals surface area contributed by atoms with E-state index in [2.05, 4.69) is 10.6 Å². The summed E-state index contributed by atoms with van der Waals surface area (Å²) in [5.41, 5.74) is 1.13. The summed E-state index contributed by atoms with van der Waals surface area (Å²) in [5.74, 6) is -0.462. The molecular weight excluding hydrogens is 396 g/mol. The Morgan fingerprint density at radius 1 is 1.41 bits per heavy atom. The number of amides is 2. The molecule has 154 valence electrons. The van der Waals surface area contributed by atoms with E-state index >= 15 is 0 Å². The third-order valence-electron chi connectivity index (χ3n) is 4.75. The molecule has 8 heteroatoms. The van der Waals surface area contributed by atoms with Crippen molar-refractivity contribution in [1.82, 2.24) is 10.6 Å². The van der Waals surface area contributed by atoms with Gasteiger partial charge in [0.2, 0.25) is 5.91 Å². The second-order valence-corrected chi connectivity index (χ2v) is 7.22. The molecule has 1 aromatic rings. The minimum Gasteiger partial charge on any atom is -0.488 e. The molecule has 0 saturated carbocycles. The third kappa shape index (κ3) is 5.38. The molecule has 1 aromatic carbocycles. The van der Waals surface area contributed by atoms with Crippen LogP contribution in [0.5, 0.6) is 5.75 Å². The smallest absolute Gasteiger partial charge is 0.354 e. The predicted octanol–water partition coefficient (Wildman–Crippen LogP) is 2.60. The fraction of sp³-hybridized carbons (Fsp3) is 0.381.